The third kappa shape index (κ3) is 2.49. The van der Waals surface area contributed by atoms with Gasteiger partial charge in [-0.25, -0.2) is 4.68 Å². The highest BCUT2D eigenvalue weighted by molar-refractivity contribution is 6.32. The van der Waals surface area contributed by atoms with E-state index in [-0.39, 0.29) is 11.6 Å². The molecule has 0 fully saturated rings. The zero-order valence-corrected chi connectivity index (χ0v) is 12.7. The number of hydrogen-bond acceptors (Lipinski definition) is 3. The lowest BCUT2D eigenvalue weighted by Crippen LogP contribution is -2.07. The molecule has 2 aromatic carbocycles. The number of aromatic nitrogens is 2. The Balaban J connectivity index is 2.04. The second-order valence-electron chi connectivity index (χ2n) is 5.01. The number of nitrogens with two attached hydrogens (primary N) is 1. The Labute approximate surface area is 133 Å². The van der Waals surface area contributed by atoms with Crippen molar-refractivity contribution in [3.63, 3.8) is 0 Å². The molecule has 5 heteroatoms. The molecule has 2 N–H and O–H groups in total. The summed E-state index contributed by atoms with van der Waals surface area (Å²) in [5.74, 6) is 0.124. The van der Waals surface area contributed by atoms with E-state index in [1.54, 1.807) is 18.2 Å². The average Bonchev–Trinajstić information content (AvgIpc) is 2.88. The van der Waals surface area contributed by atoms with Crippen molar-refractivity contribution < 1.29 is 4.79 Å². The SMILES string of the molecule is Cc1cccc(C(=O)c2cnn(-c3ccccc3Cl)c2N)c1. The number of aryl methyl sites for hydroxylation is 1. The van der Waals surface area contributed by atoms with Gasteiger partial charge in [-0.2, -0.15) is 5.10 Å². The molecular formula is C17H14ClN3O. The molecule has 0 aliphatic rings. The fourth-order valence-electron chi connectivity index (χ4n) is 2.29. The minimum absolute atomic E-state index is 0.153. The molecule has 22 heavy (non-hydrogen) atoms. The number of para-hydroxylation sites is 1. The van der Waals surface area contributed by atoms with Gasteiger partial charge < -0.3 is 5.73 Å². The summed E-state index contributed by atoms with van der Waals surface area (Å²) in [6.07, 6.45) is 1.48. The van der Waals surface area contributed by atoms with Crippen molar-refractivity contribution in [1.82, 2.24) is 9.78 Å². The summed E-state index contributed by atoms with van der Waals surface area (Å²) in [5.41, 5.74) is 8.72. The van der Waals surface area contributed by atoms with Crippen LogP contribution in [0.5, 0.6) is 0 Å². The third-order valence-electron chi connectivity index (χ3n) is 3.41. The highest BCUT2D eigenvalue weighted by Crippen LogP contribution is 2.25. The fourth-order valence-corrected chi connectivity index (χ4v) is 2.51. The summed E-state index contributed by atoms with van der Waals surface area (Å²) >= 11 is 6.16. The van der Waals surface area contributed by atoms with Crippen molar-refractivity contribution in [2.75, 3.05) is 5.73 Å². The molecule has 0 saturated carbocycles. The first-order valence-electron chi connectivity index (χ1n) is 6.77. The van der Waals surface area contributed by atoms with Crippen LogP contribution in [0.25, 0.3) is 5.69 Å². The van der Waals surface area contributed by atoms with Gasteiger partial charge in [-0.05, 0) is 25.1 Å². The van der Waals surface area contributed by atoms with Crippen molar-refractivity contribution in [3.05, 3.63) is 76.4 Å². The van der Waals surface area contributed by atoms with Crippen molar-refractivity contribution >= 4 is 23.2 Å². The first-order valence-corrected chi connectivity index (χ1v) is 7.15. The topological polar surface area (TPSA) is 60.9 Å². The average molecular weight is 312 g/mol. The maximum absolute atomic E-state index is 12.6. The van der Waals surface area contributed by atoms with Crippen LogP contribution in [0.4, 0.5) is 5.82 Å². The third-order valence-corrected chi connectivity index (χ3v) is 3.73. The Bertz CT molecular complexity index is 855. The van der Waals surface area contributed by atoms with Gasteiger partial charge in [-0.15, -0.1) is 0 Å². The maximum Gasteiger partial charge on any atom is 0.198 e. The van der Waals surface area contributed by atoms with E-state index >= 15 is 0 Å². The van der Waals surface area contributed by atoms with Crippen LogP contribution >= 0.6 is 11.6 Å². The molecule has 1 heterocycles. The normalized spacial score (nSPS) is 10.6. The zero-order chi connectivity index (χ0) is 15.7. The molecule has 4 nitrogen and oxygen atoms in total. The van der Waals surface area contributed by atoms with Crippen LogP contribution in [-0.4, -0.2) is 15.6 Å². The molecule has 0 aliphatic carbocycles. The van der Waals surface area contributed by atoms with E-state index in [1.807, 2.05) is 37.3 Å². The number of hydrogen-bond donors (Lipinski definition) is 1. The van der Waals surface area contributed by atoms with Crippen LogP contribution < -0.4 is 5.73 Å². The quantitative estimate of drug-likeness (QED) is 0.751. The fraction of sp³-hybridized carbons (Fsp3) is 0.0588. The molecule has 0 atom stereocenters. The van der Waals surface area contributed by atoms with Gasteiger partial charge in [0, 0.05) is 5.56 Å². The molecule has 0 amide bonds. The molecule has 0 unspecified atom stereocenters. The lowest BCUT2D eigenvalue weighted by molar-refractivity contribution is 0.103. The van der Waals surface area contributed by atoms with Crippen LogP contribution in [0.15, 0.2) is 54.7 Å². The van der Waals surface area contributed by atoms with Gasteiger partial charge in [0.15, 0.2) is 5.78 Å². The lowest BCUT2D eigenvalue weighted by Gasteiger charge is -2.07. The number of nitrogen functional groups attached to an aromatic ring is 1. The van der Waals surface area contributed by atoms with Gasteiger partial charge in [0.1, 0.15) is 5.82 Å². The Morgan fingerprint density at radius 2 is 1.95 bits per heavy atom. The zero-order valence-electron chi connectivity index (χ0n) is 12.0. The summed E-state index contributed by atoms with van der Waals surface area (Å²) in [4.78, 5) is 12.6. The van der Waals surface area contributed by atoms with E-state index in [1.165, 1.54) is 10.9 Å². The molecule has 3 rings (SSSR count). The number of ketones is 1. The number of nitrogens with zero attached hydrogens (tertiary/aromatic N) is 2. The van der Waals surface area contributed by atoms with Crippen molar-refractivity contribution in [3.8, 4) is 5.69 Å². The number of benzene rings is 2. The summed E-state index contributed by atoms with van der Waals surface area (Å²) in [6.45, 7) is 1.94. The van der Waals surface area contributed by atoms with Crippen molar-refractivity contribution in [2.24, 2.45) is 0 Å². The van der Waals surface area contributed by atoms with E-state index in [4.69, 9.17) is 17.3 Å². The van der Waals surface area contributed by atoms with E-state index in [9.17, 15) is 4.79 Å². The van der Waals surface area contributed by atoms with Crippen LogP contribution in [0.1, 0.15) is 21.5 Å². The second-order valence-corrected chi connectivity index (χ2v) is 5.41. The van der Waals surface area contributed by atoms with Crippen LogP contribution in [0.2, 0.25) is 5.02 Å². The van der Waals surface area contributed by atoms with E-state index < -0.39 is 0 Å². The van der Waals surface area contributed by atoms with Crippen LogP contribution in [-0.2, 0) is 0 Å². The molecule has 3 aromatic rings. The number of carbonyl (C=O) groups is 1. The molecule has 0 radical (unpaired) electrons. The maximum atomic E-state index is 12.6. The first kappa shape index (κ1) is 14.4. The van der Waals surface area contributed by atoms with Crippen LogP contribution in [0, 0.1) is 6.92 Å². The molecule has 0 bridgehead atoms. The predicted octanol–water partition coefficient (Wildman–Crippen LogP) is 3.65. The first-order chi connectivity index (χ1) is 10.6. The highest BCUT2D eigenvalue weighted by atomic mass is 35.5. The number of halogens is 1. The van der Waals surface area contributed by atoms with Gasteiger partial charge in [0.2, 0.25) is 0 Å². The monoisotopic (exact) mass is 311 g/mol. The summed E-state index contributed by atoms with van der Waals surface area (Å²) in [6, 6.07) is 14.6. The molecule has 1 aromatic heterocycles. The molecule has 0 aliphatic heterocycles. The standard InChI is InChI=1S/C17H14ClN3O/c1-11-5-4-6-12(9-11)16(22)13-10-20-21(17(13)19)15-8-3-2-7-14(15)18/h2-10H,19H2,1H3. The van der Waals surface area contributed by atoms with E-state index in [2.05, 4.69) is 5.10 Å². The van der Waals surface area contributed by atoms with Gasteiger partial charge in [0.05, 0.1) is 22.5 Å². The summed E-state index contributed by atoms with van der Waals surface area (Å²) in [7, 11) is 0. The van der Waals surface area contributed by atoms with Crippen molar-refractivity contribution in [2.45, 2.75) is 6.92 Å². The number of rotatable bonds is 3. The Morgan fingerprint density at radius 1 is 1.18 bits per heavy atom. The summed E-state index contributed by atoms with van der Waals surface area (Å²) in [5, 5.41) is 4.72. The Morgan fingerprint density at radius 3 is 2.68 bits per heavy atom. The van der Waals surface area contributed by atoms with E-state index in [0.717, 1.165) is 5.56 Å². The predicted molar refractivity (Wildman–Crippen MR) is 87.6 cm³/mol. The van der Waals surface area contributed by atoms with Gasteiger partial charge in [0.25, 0.3) is 0 Å². The Hall–Kier alpha value is -2.59. The van der Waals surface area contributed by atoms with Gasteiger partial charge >= 0.3 is 0 Å². The van der Waals surface area contributed by atoms with Gasteiger partial charge in [-0.3, -0.25) is 4.79 Å². The number of carbonyl (C=O) groups excluding carboxylic acids is 1. The largest absolute Gasteiger partial charge is 0.383 e. The van der Waals surface area contributed by atoms with Crippen molar-refractivity contribution in [1.29, 1.82) is 0 Å². The smallest absolute Gasteiger partial charge is 0.198 e. The Kier molecular flexibility index (Phi) is 3.69. The summed E-state index contributed by atoms with van der Waals surface area (Å²) < 4.78 is 1.48. The highest BCUT2D eigenvalue weighted by Gasteiger charge is 2.18. The minimum Gasteiger partial charge on any atom is -0.383 e. The lowest BCUT2D eigenvalue weighted by atomic mass is 10.0. The van der Waals surface area contributed by atoms with Crippen LogP contribution in [0.3, 0.4) is 0 Å². The molecule has 110 valence electrons. The minimum atomic E-state index is -0.153. The second kappa shape index (κ2) is 5.66. The molecule has 0 spiro atoms. The van der Waals surface area contributed by atoms with Gasteiger partial charge in [-0.1, -0.05) is 47.5 Å². The number of anilines is 1. The van der Waals surface area contributed by atoms with E-state index in [0.29, 0.717) is 21.8 Å². The molecular weight excluding hydrogens is 298 g/mol. The molecule has 0 saturated heterocycles.